The molecule has 0 aromatic heterocycles. The average Bonchev–Trinajstić information content (AvgIpc) is 2.25. The molecule has 0 aliphatic heterocycles. The lowest BCUT2D eigenvalue weighted by Crippen LogP contribution is -2.48. The summed E-state index contributed by atoms with van der Waals surface area (Å²) in [6, 6.07) is 8.62. The highest BCUT2D eigenvalue weighted by Crippen LogP contribution is 2.26. The van der Waals surface area contributed by atoms with Crippen LogP contribution >= 0.6 is 0 Å². The Balaban J connectivity index is 2.72. The molecule has 0 bridgehead atoms. The summed E-state index contributed by atoms with van der Waals surface area (Å²) in [7, 11) is 0. The van der Waals surface area contributed by atoms with Crippen LogP contribution in [-0.2, 0) is 4.79 Å². The van der Waals surface area contributed by atoms with Gasteiger partial charge in [-0.1, -0.05) is 51.1 Å². The lowest BCUT2D eigenvalue weighted by molar-refractivity contribution is -0.118. The van der Waals surface area contributed by atoms with Gasteiger partial charge in [0.15, 0.2) is 0 Å². The van der Waals surface area contributed by atoms with Crippen molar-refractivity contribution in [3.05, 3.63) is 35.9 Å². The summed E-state index contributed by atoms with van der Waals surface area (Å²) < 4.78 is 0. The Hall–Kier alpha value is -1.64. The van der Waals surface area contributed by atoms with Crippen LogP contribution in [-0.4, -0.2) is 17.2 Å². The Morgan fingerprint density at radius 1 is 1.00 bits per heavy atom. The maximum Gasteiger partial charge on any atom is 0.292 e. The summed E-state index contributed by atoms with van der Waals surface area (Å²) in [4.78, 5) is 24.0. The Kier molecular flexibility index (Phi) is 4.51. The fraction of sp³-hybridized carbons (Fsp3) is 0.500. The predicted molar refractivity (Wildman–Crippen MR) is 77.1 cm³/mol. The minimum Gasteiger partial charge on any atom is -0.344 e. The van der Waals surface area contributed by atoms with E-state index in [9.17, 15) is 9.59 Å². The van der Waals surface area contributed by atoms with E-state index in [1.54, 1.807) is 24.3 Å². The number of carbonyl (C=O) groups excluding carboxylic acids is 2. The second-order valence-electron chi connectivity index (χ2n) is 6.77. The molecule has 1 rings (SSSR count). The van der Waals surface area contributed by atoms with Gasteiger partial charge >= 0.3 is 0 Å². The summed E-state index contributed by atoms with van der Waals surface area (Å²) in [5.74, 6) is -1.02. The zero-order chi connectivity index (χ0) is 14.7. The molecule has 19 heavy (non-hydrogen) atoms. The molecule has 1 amide bonds. The topological polar surface area (TPSA) is 46.2 Å². The Bertz CT molecular complexity index is 455. The highest BCUT2D eigenvalue weighted by Gasteiger charge is 2.29. The van der Waals surface area contributed by atoms with E-state index in [0.29, 0.717) is 5.56 Å². The molecule has 3 nitrogen and oxygen atoms in total. The van der Waals surface area contributed by atoms with Crippen molar-refractivity contribution in [1.82, 2.24) is 5.32 Å². The second-order valence-corrected chi connectivity index (χ2v) is 6.77. The zero-order valence-electron chi connectivity index (χ0n) is 12.4. The van der Waals surface area contributed by atoms with Crippen LogP contribution in [0.25, 0.3) is 0 Å². The Morgan fingerprint density at radius 3 is 2.00 bits per heavy atom. The van der Waals surface area contributed by atoms with Crippen molar-refractivity contribution in [1.29, 1.82) is 0 Å². The fourth-order valence-electron chi connectivity index (χ4n) is 2.45. The Morgan fingerprint density at radius 2 is 1.53 bits per heavy atom. The van der Waals surface area contributed by atoms with Crippen molar-refractivity contribution in [2.24, 2.45) is 5.41 Å². The van der Waals surface area contributed by atoms with Crippen LogP contribution in [0.3, 0.4) is 0 Å². The molecule has 0 saturated heterocycles. The molecule has 0 aliphatic rings. The van der Waals surface area contributed by atoms with Gasteiger partial charge in [0.1, 0.15) is 0 Å². The number of amides is 1. The first-order valence-corrected chi connectivity index (χ1v) is 6.53. The van der Waals surface area contributed by atoms with Gasteiger partial charge in [0.2, 0.25) is 5.78 Å². The SMILES string of the molecule is CC(C)(C)CC(C)(C)NC(=O)C(=O)c1ccccc1. The lowest BCUT2D eigenvalue weighted by atomic mass is 9.81. The quantitative estimate of drug-likeness (QED) is 0.668. The van der Waals surface area contributed by atoms with Crippen molar-refractivity contribution >= 4 is 11.7 Å². The van der Waals surface area contributed by atoms with E-state index in [4.69, 9.17) is 0 Å². The minimum absolute atomic E-state index is 0.0899. The van der Waals surface area contributed by atoms with Gasteiger partial charge in [-0.25, -0.2) is 0 Å². The number of benzene rings is 1. The fourth-order valence-corrected chi connectivity index (χ4v) is 2.45. The van der Waals surface area contributed by atoms with Gasteiger partial charge in [0.25, 0.3) is 5.91 Å². The monoisotopic (exact) mass is 261 g/mol. The Labute approximate surface area is 115 Å². The molecule has 0 radical (unpaired) electrons. The molecular weight excluding hydrogens is 238 g/mol. The first-order chi connectivity index (χ1) is 8.61. The molecule has 0 spiro atoms. The largest absolute Gasteiger partial charge is 0.344 e. The van der Waals surface area contributed by atoms with Gasteiger partial charge in [-0.05, 0) is 25.7 Å². The first-order valence-electron chi connectivity index (χ1n) is 6.53. The van der Waals surface area contributed by atoms with Crippen LogP contribution < -0.4 is 5.32 Å². The molecule has 0 atom stereocenters. The van der Waals surface area contributed by atoms with E-state index in [-0.39, 0.29) is 5.41 Å². The summed E-state index contributed by atoms with van der Waals surface area (Å²) >= 11 is 0. The third-order valence-electron chi connectivity index (χ3n) is 2.67. The van der Waals surface area contributed by atoms with Gasteiger partial charge < -0.3 is 5.32 Å². The number of nitrogens with one attached hydrogen (secondary N) is 1. The van der Waals surface area contributed by atoms with E-state index in [1.807, 2.05) is 19.9 Å². The van der Waals surface area contributed by atoms with Crippen LogP contribution in [0.15, 0.2) is 30.3 Å². The molecule has 0 heterocycles. The highest BCUT2D eigenvalue weighted by molar-refractivity contribution is 6.42. The molecule has 1 N–H and O–H groups in total. The van der Waals surface area contributed by atoms with Crippen molar-refractivity contribution in [3.63, 3.8) is 0 Å². The number of rotatable bonds is 4. The maximum atomic E-state index is 12.0. The zero-order valence-corrected chi connectivity index (χ0v) is 12.4. The van der Waals surface area contributed by atoms with Crippen LogP contribution in [0.1, 0.15) is 51.4 Å². The number of carbonyl (C=O) groups is 2. The number of Topliss-reactive ketones (excluding diaryl/α,β-unsaturated/α-hetero) is 1. The summed E-state index contributed by atoms with van der Waals surface area (Å²) in [6.07, 6.45) is 0.799. The van der Waals surface area contributed by atoms with Crippen molar-refractivity contribution < 1.29 is 9.59 Å². The van der Waals surface area contributed by atoms with Gasteiger partial charge in [-0.3, -0.25) is 9.59 Å². The minimum atomic E-state index is -0.541. The average molecular weight is 261 g/mol. The van der Waals surface area contributed by atoms with Crippen molar-refractivity contribution in [3.8, 4) is 0 Å². The van der Waals surface area contributed by atoms with Crippen LogP contribution in [0.2, 0.25) is 0 Å². The third-order valence-corrected chi connectivity index (χ3v) is 2.67. The summed E-state index contributed by atoms with van der Waals surface area (Å²) in [6.45, 7) is 10.2. The van der Waals surface area contributed by atoms with E-state index < -0.39 is 17.2 Å². The molecule has 0 aliphatic carbocycles. The normalized spacial score (nSPS) is 12.1. The number of hydrogen-bond donors (Lipinski definition) is 1. The van der Waals surface area contributed by atoms with Crippen molar-refractivity contribution in [2.45, 2.75) is 46.6 Å². The second kappa shape index (κ2) is 5.55. The molecule has 1 aromatic rings. The van der Waals surface area contributed by atoms with Crippen molar-refractivity contribution in [2.75, 3.05) is 0 Å². The molecule has 0 saturated carbocycles. The number of hydrogen-bond acceptors (Lipinski definition) is 2. The molecule has 0 unspecified atom stereocenters. The van der Waals surface area contributed by atoms with Gasteiger partial charge in [0.05, 0.1) is 0 Å². The first kappa shape index (κ1) is 15.4. The maximum absolute atomic E-state index is 12.0. The molecule has 104 valence electrons. The van der Waals surface area contributed by atoms with Crippen LogP contribution in [0, 0.1) is 5.41 Å². The predicted octanol–water partition coefficient (Wildman–Crippen LogP) is 3.20. The summed E-state index contributed by atoms with van der Waals surface area (Å²) in [5, 5.41) is 2.82. The molecule has 3 heteroatoms. The molecule has 1 aromatic carbocycles. The van der Waals surface area contributed by atoms with Crippen LogP contribution in [0.4, 0.5) is 0 Å². The highest BCUT2D eigenvalue weighted by atomic mass is 16.2. The lowest BCUT2D eigenvalue weighted by Gasteiger charge is -2.33. The van der Waals surface area contributed by atoms with Gasteiger partial charge in [0, 0.05) is 11.1 Å². The standard InChI is InChI=1S/C16H23NO2/c1-15(2,3)11-16(4,5)17-14(19)13(18)12-9-7-6-8-10-12/h6-10H,11H2,1-5H3,(H,17,19). The third kappa shape index (κ3) is 5.25. The van der Waals surface area contributed by atoms with E-state index in [0.717, 1.165) is 6.42 Å². The van der Waals surface area contributed by atoms with Gasteiger partial charge in [-0.2, -0.15) is 0 Å². The molecule has 0 fully saturated rings. The van der Waals surface area contributed by atoms with Crippen LogP contribution in [0.5, 0.6) is 0 Å². The van der Waals surface area contributed by atoms with E-state index in [1.165, 1.54) is 0 Å². The number of ketones is 1. The molecular formula is C16H23NO2. The van der Waals surface area contributed by atoms with Gasteiger partial charge in [-0.15, -0.1) is 0 Å². The van der Waals surface area contributed by atoms with E-state index in [2.05, 4.69) is 26.1 Å². The smallest absolute Gasteiger partial charge is 0.292 e. The van der Waals surface area contributed by atoms with E-state index >= 15 is 0 Å². The summed E-state index contributed by atoms with van der Waals surface area (Å²) in [5.41, 5.74) is 0.110.